The van der Waals surface area contributed by atoms with Gasteiger partial charge in [-0.25, -0.2) is 26.3 Å². The maximum atomic E-state index is 15.3. The summed E-state index contributed by atoms with van der Waals surface area (Å²) in [6, 6.07) is 4.52. The Morgan fingerprint density at radius 3 is 2.05 bits per heavy atom. The maximum Gasteiger partial charge on any atom is 0.267 e. The van der Waals surface area contributed by atoms with Crippen LogP contribution in [0.4, 0.5) is 26.3 Å². The van der Waals surface area contributed by atoms with Crippen LogP contribution in [0.5, 0.6) is 0 Å². The first-order valence-electron chi connectivity index (χ1n) is 12.3. The Bertz CT molecular complexity index is 1200. The van der Waals surface area contributed by atoms with E-state index >= 15 is 8.78 Å². The Labute approximate surface area is 227 Å². The normalized spacial score (nSPS) is 24.5. The second-order valence-corrected chi connectivity index (χ2v) is 10.1. The van der Waals surface area contributed by atoms with E-state index in [1.54, 1.807) is 0 Å². The topological polar surface area (TPSA) is 55.9 Å². The minimum Gasteiger partial charge on any atom is -0.335 e. The summed E-state index contributed by atoms with van der Waals surface area (Å²) < 4.78 is 85.5. The van der Waals surface area contributed by atoms with Crippen LogP contribution >= 0.6 is 12.4 Å². The molecular weight excluding hydrogens is 550 g/mol. The lowest BCUT2D eigenvalue weighted by molar-refractivity contribution is -0.133. The number of likely N-dealkylation sites (tertiary alicyclic amines) is 1. The standard InChI is InChI=1S/C26H26F6N4O2.ClH/c27-16-1-3-19(21(29)9-16)26(20-4-2-17(28)10-22(20)30)14-34(7-8-36(26)15-37)18-11-23(33-12-18)24(38)35-6-5-25(31,32)13-35;/h1-4,9-10,15,18,23,33H,5-8,11-14H2;1H/t18-,23-;/m0./s1. The van der Waals surface area contributed by atoms with Crippen molar-refractivity contribution in [1.29, 1.82) is 0 Å². The molecule has 0 bridgehead atoms. The van der Waals surface area contributed by atoms with Crippen molar-refractivity contribution >= 4 is 24.7 Å². The minimum absolute atomic E-state index is 0. The molecule has 2 aromatic rings. The third-order valence-electron chi connectivity index (χ3n) is 7.83. The van der Waals surface area contributed by atoms with Crippen LogP contribution in [0.1, 0.15) is 24.0 Å². The molecule has 2 amide bonds. The summed E-state index contributed by atoms with van der Waals surface area (Å²) in [4.78, 5) is 29.3. The monoisotopic (exact) mass is 576 g/mol. The van der Waals surface area contributed by atoms with Gasteiger partial charge in [0.05, 0.1) is 12.6 Å². The van der Waals surface area contributed by atoms with Gasteiger partial charge in [0.25, 0.3) is 5.92 Å². The van der Waals surface area contributed by atoms with Crippen molar-refractivity contribution in [3.63, 3.8) is 0 Å². The molecule has 2 atom stereocenters. The molecule has 3 aliphatic heterocycles. The van der Waals surface area contributed by atoms with E-state index in [-0.39, 0.29) is 55.6 Å². The summed E-state index contributed by atoms with van der Waals surface area (Å²) in [5.74, 6) is -7.08. The van der Waals surface area contributed by atoms with Gasteiger partial charge in [-0.05, 0) is 18.6 Å². The average Bonchev–Trinajstić information content (AvgIpc) is 3.50. The molecule has 5 rings (SSSR count). The van der Waals surface area contributed by atoms with Gasteiger partial charge in [0.1, 0.15) is 28.8 Å². The first kappa shape index (κ1) is 29.2. The molecular formula is C26H27ClF6N4O2. The fourth-order valence-electron chi connectivity index (χ4n) is 5.95. The summed E-state index contributed by atoms with van der Waals surface area (Å²) >= 11 is 0. The van der Waals surface area contributed by atoms with Crippen molar-refractivity contribution < 1.29 is 35.9 Å². The number of rotatable bonds is 5. The summed E-state index contributed by atoms with van der Waals surface area (Å²) in [6.07, 6.45) is 0.323. The van der Waals surface area contributed by atoms with Crippen LogP contribution in [0.15, 0.2) is 36.4 Å². The number of carbonyl (C=O) groups excluding carboxylic acids is 2. The first-order valence-corrected chi connectivity index (χ1v) is 12.3. The van der Waals surface area contributed by atoms with Crippen molar-refractivity contribution in [2.24, 2.45) is 0 Å². The number of hydrogen-bond acceptors (Lipinski definition) is 4. The Morgan fingerprint density at radius 2 is 1.54 bits per heavy atom. The van der Waals surface area contributed by atoms with E-state index in [0.717, 1.165) is 29.2 Å². The van der Waals surface area contributed by atoms with Gasteiger partial charge in [0, 0.05) is 68.4 Å². The molecule has 3 saturated heterocycles. The number of hydrogen-bond donors (Lipinski definition) is 1. The molecule has 0 aromatic heterocycles. The van der Waals surface area contributed by atoms with E-state index in [0.29, 0.717) is 31.6 Å². The zero-order valence-corrected chi connectivity index (χ0v) is 21.5. The highest BCUT2D eigenvalue weighted by Gasteiger charge is 2.50. The van der Waals surface area contributed by atoms with E-state index in [9.17, 15) is 27.2 Å². The molecule has 0 spiro atoms. The molecule has 2 aromatic carbocycles. The first-order chi connectivity index (χ1) is 18.0. The Morgan fingerprint density at radius 1 is 0.923 bits per heavy atom. The lowest BCUT2D eigenvalue weighted by atomic mass is 9.78. The van der Waals surface area contributed by atoms with E-state index in [1.165, 1.54) is 4.90 Å². The Balaban J connectivity index is 0.00000353. The van der Waals surface area contributed by atoms with E-state index in [1.807, 2.05) is 4.90 Å². The van der Waals surface area contributed by atoms with E-state index in [4.69, 9.17) is 0 Å². The van der Waals surface area contributed by atoms with Crippen molar-refractivity contribution in [2.75, 3.05) is 39.3 Å². The van der Waals surface area contributed by atoms with Gasteiger partial charge in [-0.2, -0.15) is 0 Å². The third kappa shape index (κ3) is 5.33. The number of benzene rings is 2. The Kier molecular flexibility index (Phi) is 8.21. The number of carbonyl (C=O) groups is 2. The zero-order chi connectivity index (χ0) is 27.2. The lowest BCUT2D eigenvalue weighted by Gasteiger charge is -2.51. The van der Waals surface area contributed by atoms with Gasteiger partial charge in [-0.3, -0.25) is 14.5 Å². The maximum absolute atomic E-state index is 15.3. The van der Waals surface area contributed by atoms with Gasteiger partial charge in [0.2, 0.25) is 12.3 Å². The van der Waals surface area contributed by atoms with Gasteiger partial charge >= 0.3 is 0 Å². The van der Waals surface area contributed by atoms with Crippen molar-refractivity contribution in [3.8, 4) is 0 Å². The van der Waals surface area contributed by atoms with Crippen LogP contribution < -0.4 is 5.32 Å². The van der Waals surface area contributed by atoms with Crippen LogP contribution in [0.2, 0.25) is 0 Å². The minimum atomic E-state index is -2.92. The molecule has 6 nitrogen and oxygen atoms in total. The predicted molar refractivity (Wildman–Crippen MR) is 131 cm³/mol. The average molecular weight is 577 g/mol. The smallest absolute Gasteiger partial charge is 0.267 e. The summed E-state index contributed by atoms with van der Waals surface area (Å²) in [7, 11) is 0. The molecule has 0 aliphatic carbocycles. The molecule has 0 radical (unpaired) electrons. The van der Waals surface area contributed by atoms with Gasteiger partial charge in [-0.15, -0.1) is 12.4 Å². The van der Waals surface area contributed by atoms with Crippen LogP contribution in [0, 0.1) is 23.3 Å². The lowest BCUT2D eigenvalue weighted by Crippen LogP contribution is -2.63. The SMILES string of the molecule is Cl.O=CN1CCN([C@@H]2CN[C@H](C(=O)N3CCC(F)(F)C3)C2)CC1(c1ccc(F)cc1F)c1ccc(F)cc1F. The summed E-state index contributed by atoms with van der Waals surface area (Å²) in [6.45, 7) is -0.180. The highest BCUT2D eigenvalue weighted by Crippen LogP contribution is 2.42. The molecule has 3 heterocycles. The van der Waals surface area contributed by atoms with Crippen molar-refractivity contribution in [3.05, 3.63) is 70.8 Å². The fraction of sp³-hybridized carbons (Fsp3) is 0.462. The summed E-state index contributed by atoms with van der Waals surface area (Å²) in [5.41, 5.74) is -2.10. The number of nitrogens with zero attached hydrogens (tertiary/aromatic N) is 3. The molecule has 0 unspecified atom stereocenters. The fourth-order valence-corrected chi connectivity index (χ4v) is 5.95. The highest BCUT2D eigenvalue weighted by molar-refractivity contribution is 5.85. The van der Waals surface area contributed by atoms with Gasteiger partial charge in [0.15, 0.2) is 0 Å². The number of alkyl halides is 2. The van der Waals surface area contributed by atoms with Crippen LogP contribution in [-0.2, 0) is 15.1 Å². The van der Waals surface area contributed by atoms with Crippen LogP contribution in [0.25, 0.3) is 0 Å². The number of piperazine rings is 1. The zero-order valence-electron chi connectivity index (χ0n) is 20.7. The molecule has 212 valence electrons. The second-order valence-electron chi connectivity index (χ2n) is 10.1. The second kappa shape index (κ2) is 11.0. The molecule has 0 saturated carbocycles. The number of nitrogens with one attached hydrogen (secondary N) is 1. The highest BCUT2D eigenvalue weighted by atomic mass is 35.5. The molecule has 3 fully saturated rings. The van der Waals surface area contributed by atoms with Crippen molar-refractivity contribution in [1.82, 2.24) is 20.0 Å². The van der Waals surface area contributed by atoms with Gasteiger partial charge < -0.3 is 15.1 Å². The number of halogens is 7. The summed E-state index contributed by atoms with van der Waals surface area (Å²) in [5, 5.41) is 3.07. The molecule has 3 aliphatic rings. The van der Waals surface area contributed by atoms with E-state index in [2.05, 4.69) is 5.32 Å². The quantitative estimate of drug-likeness (QED) is 0.439. The van der Waals surface area contributed by atoms with Gasteiger partial charge in [-0.1, -0.05) is 12.1 Å². The Hall–Kier alpha value is -2.83. The van der Waals surface area contributed by atoms with Crippen molar-refractivity contribution in [2.45, 2.75) is 36.4 Å². The molecule has 13 heteroatoms. The number of amides is 2. The predicted octanol–water partition coefficient (Wildman–Crippen LogP) is 3.28. The third-order valence-corrected chi connectivity index (χ3v) is 7.83. The van der Waals surface area contributed by atoms with Crippen LogP contribution in [-0.4, -0.2) is 84.3 Å². The molecule has 1 N–H and O–H groups in total. The van der Waals surface area contributed by atoms with Crippen LogP contribution in [0.3, 0.4) is 0 Å². The largest absolute Gasteiger partial charge is 0.335 e. The van der Waals surface area contributed by atoms with E-state index < -0.39 is 59.6 Å². The molecule has 39 heavy (non-hydrogen) atoms.